The molecule has 1 saturated heterocycles. The topological polar surface area (TPSA) is 67.3 Å². The number of ether oxygens (including phenoxy) is 1. The summed E-state index contributed by atoms with van der Waals surface area (Å²) in [7, 11) is 1.68. The predicted molar refractivity (Wildman–Crippen MR) is 138 cm³/mol. The van der Waals surface area contributed by atoms with Crippen LogP contribution in [0.5, 0.6) is 5.75 Å². The molecule has 0 bridgehead atoms. The predicted octanol–water partition coefficient (Wildman–Crippen LogP) is 5.26. The van der Waals surface area contributed by atoms with Crippen LogP contribution in [0.25, 0.3) is 22.3 Å². The first-order chi connectivity index (χ1) is 17.2. The molecule has 1 fully saturated rings. The van der Waals surface area contributed by atoms with Gasteiger partial charge < -0.3 is 10.1 Å². The first-order valence-electron chi connectivity index (χ1n) is 12.2. The lowest BCUT2D eigenvalue weighted by atomic mass is 10.0. The van der Waals surface area contributed by atoms with Crippen LogP contribution in [0.3, 0.4) is 0 Å². The van der Waals surface area contributed by atoms with Crippen molar-refractivity contribution in [3.05, 3.63) is 90.1 Å². The fourth-order valence-corrected chi connectivity index (χ4v) is 4.81. The highest BCUT2D eigenvalue weighted by atomic mass is 16.5. The number of aromatic nitrogens is 2. The number of amides is 1. The number of benzene rings is 2. The summed E-state index contributed by atoms with van der Waals surface area (Å²) in [5, 5.41) is 4.07. The number of methoxy groups -OCH3 is 1. The molecule has 1 aliphatic heterocycles. The Morgan fingerprint density at radius 3 is 2.49 bits per heavy atom. The minimum atomic E-state index is -0.101. The molecule has 0 radical (unpaired) electrons. The van der Waals surface area contributed by atoms with Gasteiger partial charge >= 0.3 is 0 Å². The second-order valence-corrected chi connectivity index (χ2v) is 8.88. The molecule has 0 spiro atoms. The highest BCUT2D eigenvalue weighted by Crippen LogP contribution is 2.27. The number of nitrogens with one attached hydrogen (secondary N) is 1. The van der Waals surface area contributed by atoms with Crippen LogP contribution in [0.1, 0.15) is 41.2 Å². The Morgan fingerprint density at radius 1 is 0.971 bits per heavy atom. The summed E-state index contributed by atoms with van der Waals surface area (Å²) in [5.41, 5.74) is 4.02. The molecule has 6 nitrogen and oxygen atoms in total. The zero-order valence-electron chi connectivity index (χ0n) is 20.0. The highest BCUT2D eigenvalue weighted by molar-refractivity contribution is 6.07. The Hall–Kier alpha value is -3.77. The van der Waals surface area contributed by atoms with E-state index in [0.717, 1.165) is 35.4 Å². The molecule has 1 N–H and O–H groups in total. The molecule has 5 rings (SSSR count). The van der Waals surface area contributed by atoms with E-state index in [2.05, 4.69) is 27.3 Å². The molecule has 1 atom stereocenters. The van der Waals surface area contributed by atoms with Crippen LogP contribution in [0.15, 0.2) is 79.0 Å². The molecular formula is C29H30N4O2. The van der Waals surface area contributed by atoms with Crippen molar-refractivity contribution >= 4 is 16.8 Å². The third-order valence-electron chi connectivity index (χ3n) is 6.68. The lowest BCUT2D eigenvalue weighted by Gasteiger charge is -2.35. The standard InChI is InChI=1S/C29H30N4O2/c1-35-22-14-12-21(13-15-22)28(33-17-7-2-8-18-33)20-31-29(34)24-19-27(26-11-5-6-16-30-26)32-25-10-4-3-9-23(24)25/h3-6,9-16,19,28H,2,7-8,17-18,20H2,1H3,(H,31,34). The van der Waals surface area contributed by atoms with Crippen molar-refractivity contribution in [2.45, 2.75) is 25.3 Å². The molecule has 4 aromatic rings. The van der Waals surface area contributed by atoms with Gasteiger partial charge in [0.1, 0.15) is 5.75 Å². The van der Waals surface area contributed by atoms with E-state index >= 15 is 0 Å². The van der Waals surface area contributed by atoms with Gasteiger partial charge in [-0.2, -0.15) is 0 Å². The molecule has 35 heavy (non-hydrogen) atoms. The molecule has 2 aromatic heterocycles. The minimum Gasteiger partial charge on any atom is -0.497 e. The van der Waals surface area contributed by atoms with Crippen molar-refractivity contribution < 1.29 is 9.53 Å². The number of carbonyl (C=O) groups is 1. The van der Waals surface area contributed by atoms with E-state index < -0.39 is 0 Å². The van der Waals surface area contributed by atoms with Gasteiger partial charge in [0.05, 0.1) is 35.6 Å². The van der Waals surface area contributed by atoms with Crippen LogP contribution in [0.2, 0.25) is 0 Å². The van der Waals surface area contributed by atoms with E-state index in [1.165, 1.54) is 24.8 Å². The van der Waals surface area contributed by atoms with Crippen molar-refractivity contribution in [3.8, 4) is 17.1 Å². The fraction of sp³-hybridized carbons (Fsp3) is 0.276. The van der Waals surface area contributed by atoms with E-state index in [9.17, 15) is 4.79 Å². The number of likely N-dealkylation sites (tertiary alicyclic amines) is 1. The Kier molecular flexibility index (Phi) is 7.00. The van der Waals surface area contributed by atoms with Crippen LogP contribution < -0.4 is 10.1 Å². The summed E-state index contributed by atoms with van der Waals surface area (Å²) >= 11 is 0. The lowest BCUT2D eigenvalue weighted by molar-refractivity contribution is 0.0926. The maximum Gasteiger partial charge on any atom is 0.252 e. The van der Waals surface area contributed by atoms with E-state index in [4.69, 9.17) is 9.72 Å². The number of pyridine rings is 2. The number of rotatable bonds is 7. The Morgan fingerprint density at radius 2 is 1.74 bits per heavy atom. The molecule has 6 heteroatoms. The maximum atomic E-state index is 13.6. The van der Waals surface area contributed by atoms with Crippen LogP contribution in [-0.4, -0.2) is 47.5 Å². The smallest absolute Gasteiger partial charge is 0.252 e. The molecule has 2 aromatic carbocycles. The van der Waals surface area contributed by atoms with Crippen LogP contribution in [0.4, 0.5) is 0 Å². The van der Waals surface area contributed by atoms with Gasteiger partial charge in [-0.05, 0) is 67.9 Å². The Labute approximate surface area is 206 Å². The molecule has 0 saturated carbocycles. The number of hydrogen-bond donors (Lipinski definition) is 1. The van der Waals surface area contributed by atoms with E-state index in [0.29, 0.717) is 17.8 Å². The highest BCUT2D eigenvalue weighted by Gasteiger charge is 2.24. The minimum absolute atomic E-state index is 0.101. The van der Waals surface area contributed by atoms with Crippen molar-refractivity contribution in [2.75, 3.05) is 26.7 Å². The molecule has 1 aliphatic rings. The average Bonchev–Trinajstić information content (AvgIpc) is 2.94. The fourth-order valence-electron chi connectivity index (χ4n) is 4.81. The van der Waals surface area contributed by atoms with Crippen molar-refractivity contribution in [3.63, 3.8) is 0 Å². The quantitative estimate of drug-likeness (QED) is 0.402. The molecule has 178 valence electrons. The van der Waals surface area contributed by atoms with Gasteiger partial charge in [-0.3, -0.25) is 14.7 Å². The molecule has 1 unspecified atom stereocenters. The number of carbonyl (C=O) groups excluding carboxylic acids is 1. The zero-order valence-corrected chi connectivity index (χ0v) is 20.0. The number of piperidine rings is 1. The summed E-state index contributed by atoms with van der Waals surface area (Å²) in [6.45, 7) is 2.60. The second-order valence-electron chi connectivity index (χ2n) is 8.88. The third kappa shape index (κ3) is 5.17. The summed E-state index contributed by atoms with van der Waals surface area (Å²) in [5.74, 6) is 0.733. The van der Waals surface area contributed by atoms with Gasteiger partial charge in [-0.15, -0.1) is 0 Å². The third-order valence-corrected chi connectivity index (χ3v) is 6.68. The van der Waals surface area contributed by atoms with Gasteiger partial charge in [-0.25, -0.2) is 4.98 Å². The number of nitrogens with zero attached hydrogens (tertiary/aromatic N) is 3. The van der Waals surface area contributed by atoms with Crippen molar-refractivity contribution in [2.24, 2.45) is 0 Å². The zero-order chi connectivity index (χ0) is 24.0. The second kappa shape index (κ2) is 10.7. The number of hydrogen-bond acceptors (Lipinski definition) is 5. The molecule has 0 aliphatic carbocycles. The molecular weight excluding hydrogens is 436 g/mol. The van der Waals surface area contributed by atoms with Crippen LogP contribution >= 0.6 is 0 Å². The summed E-state index contributed by atoms with van der Waals surface area (Å²) < 4.78 is 5.34. The molecule has 1 amide bonds. The summed E-state index contributed by atoms with van der Waals surface area (Å²) in [4.78, 5) is 25.2. The SMILES string of the molecule is COc1ccc(C(CNC(=O)c2cc(-c3ccccn3)nc3ccccc23)N2CCCCC2)cc1. The van der Waals surface area contributed by atoms with Crippen molar-refractivity contribution in [1.82, 2.24) is 20.2 Å². The van der Waals surface area contributed by atoms with Gasteiger partial charge in [-0.1, -0.05) is 42.8 Å². The normalized spacial score (nSPS) is 15.0. The van der Waals surface area contributed by atoms with Crippen molar-refractivity contribution in [1.29, 1.82) is 0 Å². The first kappa shape index (κ1) is 23.0. The van der Waals surface area contributed by atoms with Crippen LogP contribution in [-0.2, 0) is 0 Å². The number of para-hydroxylation sites is 1. The van der Waals surface area contributed by atoms with Gasteiger partial charge in [0.2, 0.25) is 0 Å². The van der Waals surface area contributed by atoms with E-state index in [1.807, 2.05) is 60.7 Å². The summed E-state index contributed by atoms with van der Waals surface area (Å²) in [6.07, 6.45) is 5.37. The summed E-state index contributed by atoms with van der Waals surface area (Å²) in [6, 6.07) is 23.6. The lowest BCUT2D eigenvalue weighted by Crippen LogP contribution is -2.40. The van der Waals surface area contributed by atoms with Crippen LogP contribution in [0, 0.1) is 0 Å². The Bertz CT molecular complexity index is 1290. The maximum absolute atomic E-state index is 13.6. The largest absolute Gasteiger partial charge is 0.497 e. The van der Waals surface area contributed by atoms with Gasteiger partial charge in [0.15, 0.2) is 0 Å². The molecule has 3 heterocycles. The average molecular weight is 467 g/mol. The van der Waals surface area contributed by atoms with E-state index in [-0.39, 0.29) is 11.9 Å². The van der Waals surface area contributed by atoms with Gasteiger partial charge in [0, 0.05) is 18.1 Å². The first-order valence-corrected chi connectivity index (χ1v) is 12.2. The Balaban J connectivity index is 1.43. The number of fused-ring (bicyclic) bond motifs is 1. The monoisotopic (exact) mass is 466 g/mol. The van der Waals surface area contributed by atoms with E-state index in [1.54, 1.807) is 13.3 Å². The van der Waals surface area contributed by atoms with Gasteiger partial charge in [0.25, 0.3) is 5.91 Å².